The number of nitrogens with zero attached hydrogens (tertiary/aromatic N) is 3. The summed E-state index contributed by atoms with van der Waals surface area (Å²) in [6.07, 6.45) is -0.641. The first-order valence-corrected chi connectivity index (χ1v) is 9.39. The zero-order chi connectivity index (χ0) is 20.5. The van der Waals surface area contributed by atoms with Gasteiger partial charge >= 0.3 is 0 Å². The van der Waals surface area contributed by atoms with Crippen molar-refractivity contribution in [1.82, 2.24) is 4.90 Å². The van der Waals surface area contributed by atoms with E-state index in [2.05, 4.69) is 10.2 Å². The van der Waals surface area contributed by atoms with E-state index in [1.807, 2.05) is 54.4 Å². The molecule has 1 N–H and O–H groups in total. The van der Waals surface area contributed by atoms with Crippen LogP contribution >= 0.6 is 0 Å². The standard InChI is InChI=1S/C23H24FN3O2/c1-27(15-18-7-9-19(24)10-8-18)16-22(28)17-29-23-13-11-21(12-14-23)26-25-20-5-3-2-4-6-20/h2-14,22,28H,15-17H2,1H3. The fourth-order valence-corrected chi connectivity index (χ4v) is 2.79. The summed E-state index contributed by atoms with van der Waals surface area (Å²) < 4.78 is 18.6. The van der Waals surface area contributed by atoms with Crippen LogP contribution in [0.4, 0.5) is 15.8 Å². The van der Waals surface area contributed by atoms with Crippen LogP contribution < -0.4 is 4.74 Å². The molecule has 0 heterocycles. The average Bonchev–Trinajstić information content (AvgIpc) is 2.74. The summed E-state index contributed by atoms with van der Waals surface area (Å²) in [6, 6.07) is 23.1. The van der Waals surface area contributed by atoms with E-state index in [-0.39, 0.29) is 12.4 Å². The Morgan fingerprint density at radius 3 is 2.17 bits per heavy atom. The molecule has 0 bridgehead atoms. The minimum Gasteiger partial charge on any atom is -0.491 e. The Hall–Kier alpha value is -3.09. The van der Waals surface area contributed by atoms with Crippen LogP contribution in [0.15, 0.2) is 89.1 Å². The molecule has 0 spiro atoms. The molecular formula is C23H24FN3O2. The molecule has 0 aromatic heterocycles. The van der Waals surface area contributed by atoms with E-state index in [9.17, 15) is 9.50 Å². The summed E-state index contributed by atoms with van der Waals surface area (Å²) in [5, 5.41) is 18.6. The van der Waals surface area contributed by atoms with Gasteiger partial charge in [0.2, 0.25) is 0 Å². The lowest BCUT2D eigenvalue weighted by atomic mass is 10.2. The van der Waals surface area contributed by atoms with Gasteiger partial charge in [-0.1, -0.05) is 30.3 Å². The first-order valence-electron chi connectivity index (χ1n) is 9.39. The molecule has 3 aromatic carbocycles. The number of hydrogen-bond donors (Lipinski definition) is 1. The van der Waals surface area contributed by atoms with Crippen molar-refractivity contribution in [3.8, 4) is 5.75 Å². The molecule has 0 aliphatic heterocycles. The Morgan fingerprint density at radius 1 is 0.897 bits per heavy atom. The average molecular weight is 393 g/mol. The highest BCUT2D eigenvalue weighted by Crippen LogP contribution is 2.21. The maximum Gasteiger partial charge on any atom is 0.123 e. The van der Waals surface area contributed by atoms with Crippen LogP contribution in [-0.2, 0) is 6.54 Å². The minimum atomic E-state index is -0.641. The monoisotopic (exact) mass is 393 g/mol. The highest BCUT2D eigenvalue weighted by Gasteiger charge is 2.10. The molecule has 1 atom stereocenters. The van der Waals surface area contributed by atoms with Crippen molar-refractivity contribution in [1.29, 1.82) is 0 Å². The summed E-state index contributed by atoms with van der Waals surface area (Å²) in [7, 11) is 1.90. The fraction of sp³-hybridized carbons (Fsp3) is 0.217. The number of aliphatic hydroxyl groups is 1. The number of hydrogen-bond acceptors (Lipinski definition) is 5. The smallest absolute Gasteiger partial charge is 0.123 e. The quantitative estimate of drug-likeness (QED) is 0.514. The zero-order valence-electron chi connectivity index (χ0n) is 16.3. The molecule has 0 radical (unpaired) electrons. The zero-order valence-corrected chi connectivity index (χ0v) is 16.3. The number of likely N-dealkylation sites (N-methyl/N-ethyl adjacent to an activating group) is 1. The van der Waals surface area contributed by atoms with Crippen molar-refractivity contribution in [2.45, 2.75) is 12.6 Å². The van der Waals surface area contributed by atoms with Gasteiger partial charge < -0.3 is 9.84 Å². The Balaban J connectivity index is 1.43. The van der Waals surface area contributed by atoms with Crippen molar-refractivity contribution in [3.05, 3.63) is 90.2 Å². The molecule has 5 nitrogen and oxygen atoms in total. The van der Waals surface area contributed by atoms with Gasteiger partial charge in [-0.15, -0.1) is 0 Å². The van der Waals surface area contributed by atoms with Gasteiger partial charge in [0.05, 0.1) is 11.4 Å². The van der Waals surface area contributed by atoms with Crippen LogP contribution in [0.25, 0.3) is 0 Å². The minimum absolute atomic E-state index is 0.179. The maximum absolute atomic E-state index is 13.0. The molecule has 0 saturated carbocycles. The topological polar surface area (TPSA) is 57.4 Å². The molecule has 150 valence electrons. The molecule has 0 aliphatic carbocycles. The van der Waals surface area contributed by atoms with Crippen molar-refractivity contribution >= 4 is 11.4 Å². The van der Waals surface area contributed by atoms with E-state index in [0.29, 0.717) is 18.8 Å². The molecule has 3 rings (SSSR count). The Kier molecular flexibility index (Phi) is 7.44. The molecule has 0 fully saturated rings. The van der Waals surface area contributed by atoms with E-state index in [1.165, 1.54) is 12.1 Å². The molecule has 0 aliphatic rings. The third-order valence-corrected chi connectivity index (χ3v) is 4.20. The molecule has 0 amide bonds. The lowest BCUT2D eigenvalue weighted by molar-refractivity contribution is 0.0744. The van der Waals surface area contributed by atoms with Gasteiger partial charge in [-0.05, 0) is 61.1 Å². The summed E-state index contributed by atoms with van der Waals surface area (Å²) in [4.78, 5) is 1.97. The second-order valence-corrected chi connectivity index (χ2v) is 6.82. The molecule has 3 aromatic rings. The number of ether oxygens (including phenoxy) is 1. The number of halogens is 1. The van der Waals surface area contributed by atoms with Crippen LogP contribution in [0.3, 0.4) is 0 Å². The van der Waals surface area contributed by atoms with Crippen LogP contribution in [0, 0.1) is 5.82 Å². The Bertz CT molecular complexity index is 900. The molecule has 1 unspecified atom stereocenters. The molecule has 6 heteroatoms. The van der Waals surface area contributed by atoms with Crippen molar-refractivity contribution < 1.29 is 14.2 Å². The Morgan fingerprint density at radius 2 is 1.52 bits per heavy atom. The second kappa shape index (κ2) is 10.5. The van der Waals surface area contributed by atoms with Crippen LogP contribution in [0.5, 0.6) is 5.75 Å². The van der Waals surface area contributed by atoms with E-state index in [1.54, 1.807) is 24.3 Å². The SMILES string of the molecule is CN(Cc1ccc(F)cc1)CC(O)COc1ccc(N=Nc2ccccc2)cc1. The maximum atomic E-state index is 13.0. The van der Waals surface area contributed by atoms with E-state index in [0.717, 1.165) is 16.9 Å². The van der Waals surface area contributed by atoms with Gasteiger partial charge in [-0.3, -0.25) is 4.90 Å². The van der Waals surface area contributed by atoms with Gasteiger partial charge in [0.1, 0.15) is 24.3 Å². The molecule has 0 saturated heterocycles. The van der Waals surface area contributed by atoms with E-state index >= 15 is 0 Å². The number of benzene rings is 3. The third-order valence-electron chi connectivity index (χ3n) is 4.20. The first kappa shape index (κ1) is 20.6. The highest BCUT2D eigenvalue weighted by atomic mass is 19.1. The van der Waals surface area contributed by atoms with Crippen LogP contribution in [-0.4, -0.2) is 36.3 Å². The molecular weight excluding hydrogens is 369 g/mol. The Labute approximate surface area is 170 Å². The van der Waals surface area contributed by atoms with E-state index < -0.39 is 6.10 Å². The van der Waals surface area contributed by atoms with Gasteiger partial charge in [0.25, 0.3) is 0 Å². The normalized spacial score (nSPS) is 12.4. The van der Waals surface area contributed by atoms with Gasteiger partial charge in [-0.2, -0.15) is 10.2 Å². The molecule has 29 heavy (non-hydrogen) atoms. The van der Waals surface area contributed by atoms with Crippen LogP contribution in [0.1, 0.15) is 5.56 Å². The van der Waals surface area contributed by atoms with Crippen molar-refractivity contribution in [2.24, 2.45) is 10.2 Å². The van der Waals surface area contributed by atoms with Gasteiger partial charge in [0, 0.05) is 13.1 Å². The predicted octanol–water partition coefficient (Wildman–Crippen LogP) is 5.11. The highest BCUT2D eigenvalue weighted by molar-refractivity contribution is 5.42. The van der Waals surface area contributed by atoms with Crippen LogP contribution in [0.2, 0.25) is 0 Å². The fourth-order valence-electron chi connectivity index (χ4n) is 2.79. The summed E-state index contributed by atoms with van der Waals surface area (Å²) in [5.74, 6) is 0.404. The van der Waals surface area contributed by atoms with Crippen molar-refractivity contribution in [3.63, 3.8) is 0 Å². The number of rotatable bonds is 9. The lowest BCUT2D eigenvalue weighted by Gasteiger charge is -2.21. The summed E-state index contributed by atoms with van der Waals surface area (Å²) in [5.41, 5.74) is 2.50. The van der Waals surface area contributed by atoms with Gasteiger partial charge in [-0.25, -0.2) is 4.39 Å². The number of aliphatic hydroxyl groups excluding tert-OH is 1. The summed E-state index contributed by atoms with van der Waals surface area (Å²) in [6.45, 7) is 1.25. The lowest BCUT2D eigenvalue weighted by Crippen LogP contribution is -2.32. The largest absolute Gasteiger partial charge is 0.491 e. The first-order chi connectivity index (χ1) is 14.1. The predicted molar refractivity (Wildman–Crippen MR) is 111 cm³/mol. The van der Waals surface area contributed by atoms with Crippen molar-refractivity contribution in [2.75, 3.05) is 20.2 Å². The number of azo groups is 1. The second-order valence-electron chi connectivity index (χ2n) is 6.82. The van der Waals surface area contributed by atoms with E-state index in [4.69, 9.17) is 4.74 Å². The third kappa shape index (κ3) is 7.10. The van der Waals surface area contributed by atoms with Gasteiger partial charge in [0.15, 0.2) is 0 Å². The summed E-state index contributed by atoms with van der Waals surface area (Å²) >= 11 is 0.